The first-order valence-corrected chi connectivity index (χ1v) is 7.39. The summed E-state index contributed by atoms with van der Waals surface area (Å²) in [7, 11) is 2.06. The first-order chi connectivity index (χ1) is 10.3. The van der Waals surface area contributed by atoms with Crippen LogP contribution in [0.25, 0.3) is 17.1 Å². The lowest BCUT2D eigenvalue weighted by atomic mass is 10.1. The second-order valence-corrected chi connectivity index (χ2v) is 6.29. The second-order valence-electron chi connectivity index (χ2n) is 6.29. The van der Waals surface area contributed by atoms with Gasteiger partial charge in [-0.1, -0.05) is 18.7 Å². The Morgan fingerprint density at radius 2 is 2.05 bits per heavy atom. The van der Waals surface area contributed by atoms with Crippen molar-refractivity contribution in [2.45, 2.75) is 33.2 Å². The van der Waals surface area contributed by atoms with E-state index in [1.807, 2.05) is 35.9 Å². The second kappa shape index (κ2) is 6.18. The van der Waals surface area contributed by atoms with Gasteiger partial charge in [0.1, 0.15) is 0 Å². The third-order valence-electron chi connectivity index (χ3n) is 3.67. The summed E-state index contributed by atoms with van der Waals surface area (Å²) in [5.74, 6) is 0.921. The maximum Gasteiger partial charge on any atom is 0.151 e. The molecule has 2 aromatic rings. The summed E-state index contributed by atoms with van der Waals surface area (Å²) in [6, 6.07) is 7.97. The van der Waals surface area contributed by atoms with E-state index in [0.717, 1.165) is 22.9 Å². The average Bonchev–Trinajstić information content (AvgIpc) is 2.91. The van der Waals surface area contributed by atoms with E-state index in [1.165, 1.54) is 0 Å². The maximum absolute atomic E-state index is 4.76. The van der Waals surface area contributed by atoms with Crippen molar-refractivity contribution >= 4 is 11.5 Å². The Bertz CT molecular complexity index is 675. The number of rotatable bonds is 4. The molecule has 0 spiro atoms. The van der Waals surface area contributed by atoms with Gasteiger partial charge in [-0.2, -0.15) is 0 Å². The molecule has 4 nitrogen and oxygen atoms in total. The SMILES string of the molecule is C=C/C=C(\C)n1nc(N(C)C(C)(C)C)cc1-c1ccccn1. The maximum atomic E-state index is 4.76. The Morgan fingerprint density at radius 1 is 1.32 bits per heavy atom. The number of hydrogen-bond donors (Lipinski definition) is 0. The highest BCUT2D eigenvalue weighted by Gasteiger charge is 2.22. The number of anilines is 1. The Labute approximate surface area is 132 Å². The molecule has 0 atom stereocenters. The van der Waals surface area contributed by atoms with E-state index < -0.39 is 0 Å². The zero-order valence-electron chi connectivity index (χ0n) is 14.0. The Balaban J connectivity index is 2.58. The predicted molar refractivity (Wildman–Crippen MR) is 93.8 cm³/mol. The highest BCUT2D eigenvalue weighted by Crippen LogP contribution is 2.28. The van der Waals surface area contributed by atoms with Crippen molar-refractivity contribution in [3.63, 3.8) is 0 Å². The number of aromatic nitrogens is 3. The van der Waals surface area contributed by atoms with Gasteiger partial charge in [-0.05, 0) is 45.9 Å². The van der Waals surface area contributed by atoms with Gasteiger partial charge in [0.15, 0.2) is 5.82 Å². The first-order valence-electron chi connectivity index (χ1n) is 7.39. The molecule has 4 heteroatoms. The van der Waals surface area contributed by atoms with Crippen molar-refractivity contribution in [1.29, 1.82) is 0 Å². The van der Waals surface area contributed by atoms with Crippen molar-refractivity contribution in [2.75, 3.05) is 11.9 Å². The number of allylic oxidation sites excluding steroid dienone is 3. The highest BCUT2D eigenvalue weighted by atomic mass is 15.4. The molecule has 0 radical (unpaired) electrons. The van der Waals surface area contributed by atoms with Crippen LogP contribution in [0.15, 0.2) is 49.2 Å². The van der Waals surface area contributed by atoms with Crippen molar-refractivity contribution in [3.05, 3.63) is 49.2 Å². The van der Waals surface area contributed by atoms with E-state index >= 15 is 0 Å². The lowest BCUT2D eigenvalue weighted by Gasteiger charge is -2.31. The molecule has 0 unspecified atom stereocenters. The van der Waals surface area contributed by atoms with Crippen LogP contribution in [0.2, 0.25) is 0 Å². The fourth-order valence-electron chi connectivity index (χ4n) is 2.08. The van der Waals surface area contributed by atoms with Crippen LogP contribution < -0.4 is 4.90 Å². The molecule has 116 valence electrons. The van der Waals surface area contributed by atoms with Gasteiger partial charge in [0.2, 0.25) is 0 Å². The van der Waals surface area contributed by atoms with E-state index in [9.17, 15) is 0 Å². The fourth-order valence-corrected chi connectivity index (χ4v) is 2.08. The molecule has 0 aliphatic rings. The van der Waals surface area contributed by atoms with E-state index in [0.29, 0.717) is 0 Å². The summed E-state index contributed by atoms with van der Waals surface area (Å²) in [6.07, 6.45) is 5.51. The van der Waals surface area contributed by atoms with Gasteiger partial charge in [0.05, 0.1) is 11.4 Å². The molecule has 0 aliphatic carbocycles. The Morgan fingerprint density at radius 3 is 2.59 bits per heavy atom. The van der Waals surface area contributed by atoms with E-state index in [4.69, 9.17) is 5.10 Å². The molecule has 0 bridgehead atoms. The highest BCUT2D eigenvalue weighted by molar-refractivity contribution is 5.66. The molecule has 0 aliphatic heterocycles. The van der Waals surface area contributed by atoms with Crippen LogP contribution >= 0.6 is 0 Å². The number of hydrogen-bond acceptors (Lipinski definition) is 3. The first kappa shape index (κ1) is 16.0. The molecule has 22 heavy (non-hydrogen) atoms. The number of pyridine rings is 1. The van der Waals surface area contributed by atoms with Crippen molar-refractivity contribution < 1.29 is 0 Å². The third kappa shape index (κ3) is 3.27. The van der Waals surface area contributed by atoms with Crippen molar-refractivity contribution in [3.8, 4) is 11.4 Å². The zero-order chi connectivity index (χ0) is 16.3. The van der Waals surface area contributed by atoms with Crippen LogP contribution in [0.1, 0.15) is 27.7 Å². The third-order valence-corrected chi connectivity index (χ3v) is 3.67. The van der Waals surface area contributed by atoms with Crippen molar-refractivity contribution in [1.82, 2.24) is 14.8 Å². The molecular weight excluding hydrogens is 272 g/mol. The quantitative estimate of drug-likeness (QED) is 0.792. The molecule has 0 fully saturated rings. The van der Waals surface area contributed by atoms with Gasteiger partial charge < -0.3 is 4.90 Å². The fraction of sp³-hybridized carbons (Fsp3) is 0.333. The molecule has 2 heterocycles. The molecule has 0 N–H and O–H groups in total. The van der Waals surface area contributed by atoms with Crippen LogP contribution in [0, 0.1) is 0 Å². The van der Waals surface area contributed by atoms with E-state index in [2.05, 4.69) is 50.3 Å². The van der Waals surface area contributed by atoms with Gasteiger partial charge >= 0.3 is 0 Å². The average molecular weight is 296 g/mol. The number of nitrogens with zero attached hydrogens (tertiary/aromatic N) is 4. The summed E-state index contributed by atoms with van der Waals surface area (Å²) in [4.78, 5) is 6.62. The molecule has 0 saturated heterocycles. The van der Waals surface area contributed by atoms with E-state index in [1.54, 1.807) is 12.3 Å². The minimum Gasteiger partial charge on any atom is -0.353 e. The molecule has 0 aromatic carbocycles. The molecular formula is C18H24N4. The van der Waals surface area contributed by atoms with Gasteiger partial charge in [-0.3, -0.25) is 4.98 Å². The normalized spacial score (nSPS) is 12.3. The lowest BCUT2D eigenvalue weighted by molar-refractivity contribution is 0.532. The summed E-state index contributed by atoms with van der Waals surface area (Å²) < 4.78 is 1.92. The topological polar surface area (TPSA) is 34.0 Å². The smallest absolute Gasteiger partial charge is 0.151 e. The molecule has 0 amide bonds. The standard InChI is InChI=1S/C18H24N4/c1-7-10-14(2)22-16(15-11-8-9-12-19-15)13-17(20-22)21(6)18(3,4)5/h7-13H,1H2,2-6H3/b14-10+. The van der Waals surface area contributed by atoms with Crippen LogP contribution in [-0.4, -0.2) is 27.4 Å². The van der Waals surface area contributed by atoms with Crippen LogP contribution in [-0.2, 0) is 0 Å². The summed E-state index contributed by atoms with van der Waals surface area (Å²) in [6.45, 7) is 12.3. The molecule has 2 rings (SSSR count). The van der Waals surface area contributed by atoms with Crippen LogP contribution in [0.5, 0.6) is 0 Å². The van der Waals surface area contributed by atoms with Gasteiger partial charge in [-0.25, -0.2) is 4.68 Å². The Kier molecular flexibility index (Phi) is 4.50. The van der Waals surface area contributed by atoms with Gasteiger partial charge in [0.25, 0.3) is 0 Å². The lowest BCUT2D eigenvalue weighted by Crippen LogP contribution is -2.38. The van der Waals surface area contributed by atoms with Crippen LogP contribution in [0.3, 0.4) is 0 Å². The Hall–Kier alpha value is -2.36. The molecule has 2 aromatic heterocycles. The monoisotopic (exact) mass is 296 g/mol. The summed E-state index contributed by atoms with van der Waals surface area (Å²) in [5.41, 5.74) is 2.88. The van der Waals surface area contributed by atoms with E-state index in [-0.39, 0.29) is 5.54 Å². The summed E-state index contributed by atoms with van der Waals surface area (Å²) >= 11 is 0. The molecule has 0 saturated carbocycles. The van der Waals surface area contributed by atoms with Gasteiger partial charge in [-0.15, -0.1) is 5.10 Å². The van der Waals surface area contributed by atoms with Crippen molar-refractivity contribution in [2.24, 2.45) is 0 Å². The summed E-state index contributed by atoms with van der Waals surface area (Å²) in [5, 5.41) is 4.76. The minimum absolute atomic E-state index is 0.00335. The minimum atomic E-state index is -0.00335. The zero-order valence-corrected chi connectivity index (χ0v) is 14.0. The largest absolute Gasteiger partial charge is 0.353 e. The van der Waals surface area contributed by atoms with Gasteiger partial charge in [0, 0.05) is 30.5 Å². The van der Waals surface area contributed by atoms with Crippen LogP contribution in [0.4, 0.5) is 5.82 Å². The predicted octanol–water partition coefficient (Wildman–Crippen LogP) is 4.23.